The average molecular weight is 297 g/mol. The van der Waals surface area contributed by atoms with E-state index in [1.54, 1.807) is 6.20 Å². The molecule has 0 aliphatic carbocycles. The van der Waals surface area contributed by atoms with Crippen LogP contribution in [0.15, 0.2) is 59.8 Å². The van der Waals surface area contributed by atoms with Gasteiger partial charge in [-0.05, 0) is 43.3 Å². The Morgan fingerprint density at radius 2 is 1.76 bits per heavy atom. The first kappa shape index (κ1) is 13.5. The van der Waals surface area contributed by atoms with Gasteiger partial charge in [0.05, 0.1) is 28.6 Å². The molecule has 5 heteroatoms. The molecule has 0 fully saturated rings. The third-order valence-corrected chi connectivity index (χ3v) is 3.27. The Hall–Kier alpha value is -2.46. The van der Waals surface area contributed by atoms with Crippen LogP contribution in [0.3, 0.4) is 0 Å². The Labute approximate surface area is 127 Å². The highest BCUT2D eigenvalue weighted by molar-refractivity contribution is 6.30. The zero-order valence-corrected chi connectivity index (χ0v) is 12.2. The van der Waals surface area contributed by atoms with E-state index >= 15 is 0 Å². The van der Waals surface area contributed by atoms with Crippen LogP contribution in [0, 0.1) is 0 Å². The molecule has 0 amide bonds. The van der Waals surface area contributed by atoms with Crippen molar-refractivity contribution in [1.82, 2.24) is 9.97 Å². The van der Waals surface area contributed by atoms with E-state index in [1.807, 2.05) is 55.5 Å². The fourth-order valence-corrected chi connectivity index (χ4v) is 1.99. The molecule has 4 nitrogen and oxygen atoms in total. The third kappa shape index (κ3) is 3.17. The molecule has 0 saturated heterocycles. The van der Waals surface area contributed by atoms with E-state index in [1.165, 1.54) is 0 Å². The summed E-state index contributed by atoms with van der Waals surface area (Å²) in [5, 5.41) is 5.02. The fraction of sp³-hybridized carbons (Fsp3) is 0.0625. The molecular weight excluding hydrogens is 284 g/mol. The smallest absolute Gasteiger partial charge is 0.105 e. The topological polar surface area (TPSA) is 50.2 Å². The van der Waals surface area contributed by atoms with Crippen molar-refractivity contribution in [1.29, 1.82) is 0 Å². The number of anilines is 1. The van der Waals surface area contributed by atoms with Gasteiger partial charge in [-0.1, -0.05) is 23.7 Å². The number of para-hydroxylation sites is 2. The van der Waals surface area contributed by atoms with E-state index in [2.05, 4.69) is 20.5 Å². The molecule has 21 heavy (non-hydrogen) atoms. The lowest BCUT2D eigenvalue weighted by Gasteiger charge is -2.04. The lowest BCUT2D eigenvalue weighted by atomic mass is 10.2. The van der Waals surface area contributed by atoms with Gasteiger partial charge in [-0.15, -0.1) is 0 Å². The van der Waals surface area contributed by atoms with E-state index in [-0.39, 0.29) is 0 Å². The number of hydrogen-bond donors (Lipinski definition) is 1. The number of rotatable bonds is 3. The van der Waals surface area contributed by atoms with Crippen LogP contribution in [0.4, 0.5) is 5.69 Å². The normalized spacial score (nSPS) is 11.6. The van der Waals surface area contributed by atoms with Gasteiger partial charge in [0.1, 0.15) is 5.69 Å². The summed E-state index contributed by atoms with van der Waals surface area (Å²) < 4.78 is 0. The van der Waals surface area contributed by atoms with Crippen molar-refractivity contribution in [3.8, 4) is 0 Å². The number of nitrogens with one attached hydrogen (secondary N) is 1. The third-order valence-electron chi connectivity index (χ3n) is 3.02. The molecule has 3 rings (SSSR count). The van der Waals surface area contributed by atoms with Gasteiger partial charge in [-0.25, -0.2) is 4.98 Å². The van der Waals surface area contributed by atoms with Crippen molar-refractivity contribution in [2.24, 2.45) is 5.10 Å². The molecule has 1 aromatic heterocycles. The van der Waals surface area contributed by atoms with Crippen molar-refractivity contribution in [3.05, 3.63) is 65.4 Å². The molecule has 0 saturated carbocycles. The second kappa shape index (κ2) is 5.89. The Morgan fingerprint density at radius 3 is 2.52 bits per heavy atom. The van der Waals surface area contributed by atoms with Crippen molar-refractivity contribution < 1.29 is 0 Å². The van der Waals surface area contributed by atoms with Crippen molar-refractivity contribution in [3.63, 3.8) is 0 Å². The summed E-state index contributed by atoms with van der Waals surface area (Å²) in [5.41, 5.74) is 7.09. The maximum atomic E-state index is 5.84. The standard InChI is InChI=1S/C16H13ClN4/c1-11(20-21-13-8-6-12(17)7-9-13)16-10-18-14-4-2-3-5-15(14)19-16/h2-10,21H,1H3. The first-order valence-corrected chi connectivity index (χ1v) is 6.88. The van der Waals surface area contributed by atoms with Crippen molar-refractivity contribution in [2.45, 2.75) is 6.92 Å². The van der Waals surface area contributed by atoms with Crippen LogP contribution < -0.4 is 5.43 Å². The quantitative estimate of drug-likeness (QED) is 0.584. The minimum atomic E-state index is 0.696. The monoisotopic (exact) mass is 296 g/mol. The van der Waals surface area contributed by atoms with Gasteiger partial charge in [0.15, 0.2) is 0 Å². The Morgan fingerprint density at radius 1 is 1.05 bits per heavy atom. The lowest BCUT2D eigenvalue weighted by molar-refractivity contribution is 1.23. The molecule has 0 radical (unpaired) electrons. The molecule has 104 valence electrons. The lowest BCUT2D eigenvalue weighted by Crippen LogP contribution is -2.03. The molecule has 2 aromatic carbocycles. The Bertz CT molecular complexity index is 797. The van der Waals surface area contributed by atoms with Gasteiger partial charge in [-0.2, -0.15) is 5.10 Å². The van der Waals surface area contributed by atoms with E-state index in [4.69, 9.17) is 11.6 Å². The highest BCUT2D eigenvalue weighted by Gasteiger charge is 2.02. The summed E-state index contributed by atoms with van der Waals surface area (Å²) in [6.07, 6.45) is 1.73. The number of hydrogen-bond acceptors (Lipinski definition) is 4. The van der Waals surface area contributed by atoms with Crippen LogP contribution in [0.5, 0.6) is 0 Å². The minimum absolute atomic E-state index is 0.696. The highest BCUT2D eigenvalue weighted by atomic mass is 35.5. The Kier molecular flexibility index (Phi) is 3.79. The van der Waals surface area contributed by atoms with Crippen LogP contribution in [-0.4, -0.2) is 15.7 Å². The predicted molar refractivity (Wildman–Crippen MR) is 86.8 cm³/mol. The zero-order valence-electron chi connectivity index (χ0n) is 11.4. The second-order valence-electron chi connectivity index (χ2n) is 4.56. The molecule has 0 unspecified atom stereocenters. The molecule has 0 aliphatic heterocycles. The van der Waals surface area contributed by atoms with Gasteiger partial charge in [0.25, 0.3) is 0 Å². The fourth-order valence-electron chi connectivity index (χ4n) is 1.86. The molecule has 1 heterocycles. The molecule has 0 atom stereocenters. The van der Waals surface area contributed by atoms with Crippen LogP contribution >= 0.6 is 11.6 Å². The number of fused-ring (bicyclic) bond motifs is 1. The van der Waals surface area contributed by atoms with Gasteiger partial charge in [-0.3, -0.25) is 10.4 Å². The minimum Gasteiger partial charge on any atom is -0.278 e. The maximum Gasteiger partial charge on any atom is 0.105 e. The number of benzene rings is 2. The van der Waals surface area contributed by atoms with Crippen molar-refractivity contribution in [2.75, 3.05) is 5.43 Å². The zero-order chi connectivity index (χ0) is 14.7. The summed E-state index contributed by atoms with van der Waals surface area (Å²) in [4.78, 5) is 8.93. The summed E-state index contributed by atoms with van der Waals surface area (Å²) in [6, 6.07) is 15.1. The van der Waals surface area contributed by atoms with E-state index in [0.29, 0.717) is 5.02 Å². The number of halogens is 1. The summed E-state index contributed by atoms with van der Waals surface area (Å²) in [6.45, 7) is 1.89. The van der Waals surface area contributed by atoms with Crippen LogP contribution in [-0.2, 0) is 0 Å². The van der Waals surface area contributed by atoms with Gasteiger partial charge in [0.2, 0.25) is 0 Å². The molecule has 0 spiro atoms. The van der Waals surface area contributed by atoms with E-state index in [9.17, 15) is 0 Å². The number of hydrazone groups is 1. The largest absolute Gasteiger partial charge is 0.278 e. The van der Waals surface area contributed by atoms with Crippen LogP contribution in [0.25, 0.3) is 11.0 Å². The summed E-state index contributed by atoms with van der Waals surface area (Å²) in [7, 11) is 0. The molecule has 3 aromatic rings. The molecule has 0 bridgehead atoms. The van der Waals surface area contributed by atoms with E-state index in [0.717, 1.165) is 28.1 Å². The Balaban J connectivity index is 1.83. The molecule has 1 N–H and O–H groups in total. The highest BCUT2D eigenvalue weighted by Crippen LogP contribution is 2.14. The molecular formula is C16H13ClN4. The second-order valence-corrected chi connectivity index (χ2v) is 5.00. The number of nitrogens with zero attached hydrogens (tertiary/aromatic N) is 3. The number of aromatic nitrogens is 2. The first-order chi connectivity index (χ1) is 10.2. The first-order valence-electron chi connectivity index (χ1n) is 6.50. The van der Waals surface area contributed by atoms with E-state index < -0.39 is 0 Å². The summed E-state index contributed by atoms with van der Waals surface area (Å²) >= 11 is 5.84. The van der Waals surface area contributed by atoms with Gasteiger partial charge >= 0.3 is 0 Å². The maximum absolute atomic E-state index is 5.84. The van der Waals surface area contributed by atoms with Crippen molar-refractivity contribution >= 4 is 34.0 Å². The van der Waals surface area contributed by atoms with Crippen LogP contribution in [0.2, 0.25) is 5.02 Å². The van der Waals surface area contributed by atoms with Gasteiger partial charge in [0, 0.05) is 5.02 Å². The van der Waals surface area contributed by atoms with Gasteiger partial charge < -0.3 is 0 Å². The van der Waals surface area contributed by atoms with Crippen LogP contribution in [0.1, 0.15) is 12.6 Å². The SMILES string of the molecule is CC(=NNc1ccc(Cl)cc1)c1cnc2ccccc2n1. The average Bonchev–Trinajstić information content (AvgIpc) is 2.53. The molecule has 0 aliphatic rings. The summed E-state index contributed by atoms with van der Waals surface area (Å²) in [5.74, 6) is 0. The predicted octanol–water partition coefficient (Wildman–Crippen LogP) is 4.12.